The molecule has 6 heteroatoms. The molecule has 0 unspecified atom stereocenters. The summed E-state index contributed by atoms with van der Waals surface area (Å²) in [6.07, 6.45) is 0.392. The van der Waals surface area contributed by atoms with E-state index in [0.29, 0.717) is 12.2 Å². The minimum Gasteiger partial charge on any atom is -0.497 e. The largest absolute Gasteiger partial charge is 0.497 e. The van der Waals surface area contributed by atoms with E-state index in [1.165, 1.54) is 4.90 Å². The highest BCUT2D eigenvalue weighted by Crippen LogP contribution is 2.40. The second kappa shape index (κ2) is 5.73. The number of ether oxygens (including phenoxy) is 1. The Hall–Kier alpha value is -3.15. The molecule has 0 radical (unpaired) electrons. The van der Waals surface area contributed by atoms with Gasteiger partial charge in [-0.1, -0.05) is 30.3 Å². The number of rotatable bonds is 3. The number of aliphatic imine (C=N–C) groups is 1. The number of nitrogens with zero attached hydrogens (tertiary/aromatic N) is 2. The van der Waals surface area contributed by atoms with Crippen molar-refractivity contribution in [3.63, 3.8) is 0 Å². The number of carbonyl (C=O) groups is 2. The number of primary amides is 1. The predicted octanol–water partition coefficient (Wildman–Crippen LogP) is 1.29. The van der Waals surface area contributed by atoms with Gasteiger partial charge in [0.1, 0.15) is 18.3 Å². The quantitative estimate of drug-likeness (QED) is 0.917. The van der Waals surface area contributed by atoms with Crippen molar-refractivity contribution < 1.29 is 14.3 Å². The molecule has 0 spiro atoms. The molecule has 0 aliphatic carbocycles. The number of carbonyl (C=O) groups excluding carboxylic acids is 2. The topological polar surface area (TPSA) is 85.0 Å². The molecule has 0 saturated carbocycles. The van der Waals surface area contributed by atoms with Crippen LogP contribution >= 0.6 is 0 Å². The average molecular weight is 335 g/mol. The summed E-state index contributed by atoms with van der Waals surface area (Å²) in [7, 11) is 1.59. The molecule has 2 aliphatic rings. The fourth-order valence-corrected chi connectivity index (χ4v) is 3.54. The van der Waals surface area contributed by atoms with E-state index in [9.17, 15) is 9.59 Å². The summed E-state index contributed by atoms with van der Waals surface area (Å²) in [6, 6.07) is 12.7. The Morgan fingerprint density at radius 1 is 1.28 bits per heavy atom. The maximum atomic E-state index is 12.7. The van der Waals surface area contributed by atoms with E-state index in [2.05, 4.69) is 4.99 Å². The van der Waals surface area contributed by atoms with Crippen LogP contribution in [0.1, 0.15) is 16.7 Å². The third-order valence-corrected chi connectivity index (χ3v) is 4.64. The van der Waals surface area contributed by atoms with Crippen LogP contribution in [0.2, 0.25) is 0 Å². The van der Waals surface area contributed by atoms with Crippen molar-refractivity contribution in [2.45, 2.75) is 12.5 Å². The number of amides is 2. The van der Waals surface area contributed by atoms with Crippen LogP contribution in [0.5, 0.6) is 5.75 Å². The van der Waals surface area contributed by atoms with Gasteiger partial charge in [-0.3, -0.25) is 19.5 Å². The monoisotopic (exact) mass is 335 g/mol. The third-order valence-electron chi connectivity index (χ3n) is 4.64. The molecule has 0 aromatic heterocycles. The Morgan fingerprint density at radius 2 is 2.04 bits per heavy atom. The zero-order chi connectivity index (χ0) is 17.6. The number of hydrogen-bond acceptors (Lipinski definition) is 4. The zero-order valence-corrected chi connectivity index (χ0v) is 13.7. The summed E-state index contributed by atoms with van der Waals surface area (Å²) in [5.74, 6) is -0.0747. The summed E-state index contributed by atoms with van der Waals surface area (Å²) in [5.41, 5.74) is 9.55. The molecule has 2 amide bonds. The van der Waals surface area contributed by atoms with Crippen LogP contribution in [-0.4, -0.2) is 37.2 Å². The van der Waals surface area contributed by atoms with Gasteiger partial charge in [0.2, 0.25) is 11.8 Å². The third kappa shape index (κ3) is 2.38. The van der Waals surface area contributed by atoms with Gasteiger partial charge in [-0.15, -0.1) is 0 Å². The molecule has 2 aliphatic heterocycles. The van der Waals surface area contributed by atoms with Crippen molar-refractivity contribution in [1.29, 1.82) is 0 Å². The maximum absolute atomic E-state index is 12.7. The first-order valence-electron chi connectivity index (χ1n) is 8.02. The molecule has 126 valence electrons. The highest BCUT2D eigenvalue weighted by atomic mass is 16.5. The number of anilines is 1. The van der Waals surface area contributed by atoms with Crippen LogP contribution in [0, 0.1) is 0 Å². The summed E-state index contributed by atoms with van der Waals surface area (Å²) in [6.45, 7) is -0.0234. The fraction of sp³-hybridized carbons (Fsp3) is 0.211. The highest BCUT2D eigenvalue weighted by Gasteiger charge is 2.41. The van der Waals surface area contributed by atoms with Crippen molar-refractivity contribution in [1.82, 2.24) is 0 Å². The van der Waals surface area contributed by atoms with E-state index in [-0.39, 0.29) is 12.5 Å². The lowest BCUT2D eigenvalue weighted by Gasteiger charge is -2.23. The molecule has 2 heterocycles. The highest BCUT2D eigenvalue weighted by molar-refractivity contribution is 6.21. The van der Waals surface area contributed by atoms with Crippen molar-refractivity contribution in [2.75, 3.05) is 18.6 Å². The molecule has 25 heavy (non-hydrogen) atoms. The summed E-state index contributed by atoms with van der Waals surface area (Å²) in [5, 5.41) is 0. The molecule has 0 fully saturated rings. The van der Waals surface area contributed by atoms with E-state index in [0.717, 1.165) is 28.1 Å². The van der Waals surface area contributed by atoms with Gasteiger partial charge in [-0.2, -0.15) is 0 Å². The summed E-state index contributed by atoms with van der Waals surface area (Å²) < 4.78 is 5.41. The van der Waals surface area contributed by atoms with Crippen molar-refractivity contribution in [2.24, 2.45) is 10.7 Å². The number of nitrogens with two attached hydrogens (primary N) is 1. The van der Waals surface area contributed by atoms with Crippen molar-refractivity contribution in [3.05, 3.63) is 59.2 Å². The van der Waals surface area contributed by atoms with Gasteiger partial charge in [0, 0.05) is 17.5 Å². The van der Waals surface area contributed by atoms with Gasteiger partial charge in [-0.05, 0) is 17.7 Å². The smallest absolute Gasteiger partial charge is 0.249 e. The Labute approximate surface area is 144 Å². The first kappa shape index (κ1) is 15.4. The van der Waals surface area contributed by atoms with Gasteiger partial charge in [0.15, 0.2) is 0 Å². The van der Waals surface area contributed by atoms with E-state index in [4.69, 9.17) is 10.5 Å². The molecule has 2 aromatic carbocycles. The average Bonchev–Trinajstić information content (AvgIpc) is 2.95. The van der Waals surface area contributed by atoms with E-state index >= 15 is 0 Å². The molecule has 1 atom stereocenters. The second-order valence-corrected chi connectivity index (χ2v) is 6.10. The standard InChI is InChI=1S/C19H17N3O3/c1-25-13-7-12-8-15(19(20)24)22-16(23)10-21-17(14(9-13)18(12)22)11-5-3-2-4-6-11/h2-7,9,15H,8,10H2,1H3,(H2,20,24)/t15-/m0/s1. The number of benzene rings is 2. The molecule has 6 nitrogen and oxygen atoms in total. The molecule has 0 bridgehead atoms. The Balaban J connectivity index is 1.98. The minimum atomic E-state index is -0.682. The van der Waals surface area contributed by atoms with Gasteiger partial charge < -0.3 is 10.5 Å². The first-order valence-corrected chi connectivity index (χ1v) is 8.02. The second-order valence-electron chi connectivity index (χ2n) is 6.10. The van der Waals surface area contributed by atoms with E-state index < -0.39 is 11.9 Å². The zero-order valence-electron chi connectivity index (χ0n) is 13.7. The lowest BCUT2D eigenvalue weighted by Crippen LogP contribution is -2.46. The summed E-state index contributed by atoms with van der Waals surface area (Å²) >= 11 is 0. The Morgan fingerprint density at radius 3 is 2.72 bits per heavy atom. The number of methoxy groups -OCH3 is 1. The predicted molar refractivity (Wildman–Crippen MR) is 94.1 cm³/mol. The van der Waals surface area contributed by atoms with Crippen LogP contribution in [0.4, 0.5) is 5.69 Å². The van der Waals surface area contributed by atoms with Gasteiger partial charge in [0.05, 0.1) is 18.5 Å². The van der Waals surface area contributed by atoms with Gasteiger partial charge in [0.25, 0.3) is 0 Å². The molecular weight excluding hydrogens is 318 g/mol. The first-order chi connectivity index (χ1) is 12.1. The molecule has 2 N–H and O–H groups in total. The molecule has 0 saturated heterocycles. The lowest BCUT2D eigenvalue weighted by molar-refractivity contribution is -0.123. The van der Waals surface area contributed by atoms with Crippen LogP contribution in [0.3, 0.4) is 0 Å². The Kier molecular flexibility index (Phi) is 3.53. The van der Waals surface area contributed by atoms with Gasteiger partial charge in [-0.25, -0.2) is 0 Å². The maximum Gasteiger partial charge on any atom is 0.249 e. The van der Waals surface area contributed by atoms with Crippen LogP contribution in [0.25, 0.3) is 0 Å². The normalized spacial score (nSPS) is 18.4. The van der Waals surface area contributed by atoms with Crippen molar-refractivity contribution >= 4 is 23.2 Å². The molecular formula is C19H17N3O3. The van der Waals surface area contributed by atoms with Gasteiger partial charge >= 0.3 is 0 Å². The van der Waals surface area contributed by atoms with E-state index in [1.54, 1.807) is 7.11 Å². The Bertz CT molecular complexity index is 906. The minimum absolute atomic E-state index is 0.0234. The van der Waals surface area contributed by atoms with Crippen molar-refractivity contribution in [3.8, 4) is 5.75 Å². The van der Waals surface area contributed by atoms with Crippen LogP contribution < -0.4 is 15.4 Å². The lowest BCUT2D eigenvalue weighted by atomic mass is 9.97. The number of hydrogen-bond donors (Lipinski definition) is 1. The van der Waals surface area contributed by atoms with E-state index in [1.807, 2.05) is 42.5 Å². The summed E-state index contributed by atoms with van der Waals surface area (Å²) in [4.78, 5) is 30.6. The van der Waals surface area contributed by atoms with Crippen LogP contribution in [0.15, 0.2) is 47.5 Å². The SMILES string of the molecule is COc1cc2c3c(c1)C(c1ccccc1)=NCC(=O)N3[C@H](C(N)=O)C2. The molecule has 2 aromatic rings. The fourth-order valence-electron chi connectivity index (χ4n) is 3.54. The molecule has 4 rings (SSSR count). The van der Waals surface area contributed by atoms with Crippen LogP contribution in [-0.2, 0) is 16.0 Å².